The van der Waals surface area contributed by atoms with Crippen LogP contribution in [0.25, 0.3) is 11.1 Å². The minimum absolute atomic E-state index is 0.00772. The van der Waals surface area contributed by atoms with E-state index in [0.717, 1.165) is 6.26 Å². The number of benzene rings is 2. The molecule has 1 amide bonds. The number of sulfonamides is 1. The van der Waals surface area contributed by atoms with Gasteiger partial charge in [0.1, 0.15) is 12.5 Å². The molecule has 2 N–H and O–H groups in total. The number of hydrogen-bond acceptors (Lipinski definition) is 4. The van der Waals surface area contributed by atoms with E-state index in [1.54, 1.807) is 42.5 Å². The van der Waals surface area contributed by atoms with Gasteiger partial charge in [-0.15, -0.1) is 0 Å². The Balaban J connectivity index is 1.71. The fourth-order valence-corrected chi connectivity index (χ4v) is 5.78. The number of piperidine rings is 2. The number of carbonyl (C=O) groups excluding carboxylic acids is 1. The number of amides is 1. The monoisotopic (exact) mass is 464 g/mol. The number of halogens is 2. The van der Waals surface area contributed by atoms with E-state index in [4.69, 9.17) is 0 Å². The summed E-state index contributed by atoms with van der Waals surface area (Å²) < 4.78 is 55.3. The molecule has 1 saturated carbocycles. The zero-order chi connectivity index (χ0) is 23.0. The van der Waals surface area contributed by atoms with Crippen molar-refractivity contribution in [2.45, 2.75) is 43.5 Å². The highest BCUT2D eigenvalue weighted by Crippen LogP contribution is 2.44. The van der Waals surface area contributed by atoms with Crippen LogP contribution in [0.1, 0.15) is 18.4 Å². The fourth-order valence-electron chi connectivity index (χ4n) is 4.94. The van der Waals surface area contributed by atoms with Gasteiger partial charge in [-0.2, -0.15) is 0 Å². The zero-order valence-electron chi connectivity index (χ0n) is 17.6. The van der Waals surface area contributed by atoms with Crippen molar-refractivity contribution in [1.82, 2.24) is 9.62 Å². The third-order valence-electron chi connectivity index (χ3n) is 6.45. The highest BCUT2D eigenvalue weighted by Gasteiger charge is 2.53. The van der Waals surface area contributed by atoms with E-state index >= 15 is 4.39 Å². The summed E-state index contributed by atoms with van der Waals surface area (Å²) in [4.78, 5) is 14.2. The number of fused-ring (bicyclic) bond motifs is 2. The largest absolute Gasteiger partial charge is 0.381 e. The molecule has 0 radical (unpaired) electrons. The van der Waals surface area contributed by atoms with Gasteiger partial charge in [0, 0.05) is 17.6 Å². The predicted octanol–water partition coefficient (Wildman–Crippen LogP) is 2.27. The molecule has 2 aromatic carbocycles. The van der Waals surface area contributed by atoms with Crippen molar-refractivity contribution in [3.05, 3.63) is 59.9 Å². The molecule has 3 fully saturated rings. The molecule has 5 rings (SSSR count). The van der Waals surface area contributed by atoms with Crippen molar-refractivity contribution in [2.24, 2.45) is 5.92 Å². The molecule has 2 aromatic rings. The van der Waals surface area contributed by atoms with Crippen molar-refractivity contribution in [2.75, 3.05) is 12.9 Å². The molecular formula is C23H26F2N2O4S. The number of aliphatic hydroxyl groups is 1. The smallest absolute Gasteiger partial charge is 0.254 e. The van der Waals surface area contributed by atoms with Crippen LogP contribution < -0.4 is 4.72 Å². The first-order chi connectivity index (χ1) is 15.2. The maximum atomic E-state index is 15.5. The van der Waals surface area contributed by atoms with E-state index in [1.807, 2.05) is 6.07 Å². The average molecular weight is 465 g/mol. The summed E-state index contributed by atoms with van der Waals surface area (Å²) in [5.74, 6) is -1.25. The molecule has 2 aliphatic heterocycles. The van der Waals surface area contributed by atoms with Crippen molar-refractivity contribution in [3.8, 4) is 11.1 Å². The number of nitrogens with zero attached hydrogens (tertiary/aromatic N) is 1. The van der Waals surface area contributed by atoms with Gasteiger partial charge in [-0.3, -0.25) is 4.79 Å². The third kappa shape index (κ3) is 4.42. The summed E-state index contributed by atoms with van der Waals surface area (Å²) in [6.45, 7) is -1.24. The van der Waals surface area contributed by atoms with E-state index in [-0.39, 0.29) is 18.4 Å². The van der Waals surface area contributed by atoms with E-state index in [0.29, 0.717) is 29.5 Å². The Morgan fingerprint density at radius 1 is 1.19 bits per heavy atom. The molecule has 0 aromatic heterocycles. The average Bonchev–Trinajstić information content (AvgIpc) is 2.73. The number of nitrogens with one attached hydrogen (secondary N) is 1. The second-order valence-corrected chi connectivity index (χ2v) is 10.4. The van der Waals surface area contributed by atoms with Gasteiger partial charge in [0.2, 0.25) is 10.0 Å². The number of carbonyl (C=O) groups is 1. The van der Waals surface area contributed by atoms with Crippen LogP contribution in [0.3, 0.4) is 0 Å². The Labute approximate surface area is 186 Å². The predicted molar refractivity (Wildman–Crippen MR) is 116 cm³/mol. The molecule has 172 valence electrons. The first-order valence-corrected chi connectivity index (χ1v) is 12.4. The summed E-state index contributed by atoms with van der Waals surface area (Å²) >= 11 is 0. The maximum absolute atomic E-state index is 15.5. The highest BCUT2D eigenvalue weighted by atomic mass is 32.2. The zero-order valence-corrected chi connectivity index (χ0v) is 18.4. The lowest BCUT2D eigenvalue weighted by atomic mass is 9.66. The van der Waals surface area contributed by atoms with Gasteiger partial charge in [0.15, 0.2) is 6.10 Å². The Morgan fingerprint density at radius 3 is 2.50 bits per heavy atom. The van der Waals surface area contributed by atoms with Gasteiger partial charge in [-0.05, 0) is 36.3 Å². The lowest BCUT2D eigenvalue weighted by molar-refractivity contribution is -0.159. The normalized spacial score (nSPS) is 25.8. The van der Waals surface area contributed by atoms with Crippen molar-refractivity contribution < 1.29 is 27.1 Å². The Bertz CT molecular complexity index is 1090. The third-order valence-corrected chi connectivity index (χ3v) is 7.15. The van der Waals surface area contributed by atoms with Gasteiger partial charge in [0.25, 0.3) is 5.91 Å². The van der Waals surface area contributed by atoms with Crippen molar-refractivity contribution in [3.63, 3.8) is 0 Å². The minimum Gasteiger partial charge on any atom is -0.381 e. The van der Waals surface area contributed by atoms with Gasteiger partial charge in [0.05, 0.1) is 12.3 Å². The lowest BCUT2D eigenvalue weighted by Crippen LogP contribution is -2.71. The van der Waals surface area contributed by atoms with Crippen LogP contribution >= 0.6 is 0 Å². The van der Waals surface area contributed by atoms with Crippen molar-refractivity contribution >= 4 is 15.9 Å². The van der Waals surface area contributed by atoms with E-state index in [9.17, 15) is 22.7 Å². The van der Waals surface area contributed by atoms with Crippen LogP contribution in [0.2, 0.25) is 0 Å². The topological polar surface area (TPSA) is 86.7 Å². The number of rotatable bonds is 7. The lowest BCUT2D eigenvalue weighted by Gasteiger charge is -2.58. The van der Waals surface area contributed by atoms with Gasteiger partial charge >= 0.3 is 0 Å². The highest BCUT2D eigenvalue weighted by molar-refractivity contribution is 7.88. The maximum Gasteiger partial charge on any atom is 0.254 e. The second kappa shape index (κ2) is 8.88. The molecular weight excluding hydrogens is 438 g/mol. The summed E-state index contributed by atoms with van der Waals surface area (Å²) in [7, 11) is -3.61. The van der Waals surface area contributed by atoms with Crippen LogP contribution in [0.15, 0.2) is 48.5 Å². The van der Waals surface area contributed by atoms with E-state index in [1.165, 1.54) is 4.90 Å². The molecule has 2 saturated heterocycles. The van der Waals surface area contributed by atoms with Gasteiger partial charge in [-0.1, -0.05) is 48.5 Å². The summed E-state index contributed by atoms with van der Waals surface area (Å²) in [5.41, 5.74) is 1.42. The quantitative estimate of drug-likeness (QED) is 0.658. The first kappa shape index (κ1) is 22.8. The first-order valence-electron chi connectivity index (χ1n) is 10.6. The number of aliphatic hydroxyl groups excluding tert-OH is 1. The van der Waals surface area contributed by atoms with Gasteiger partial charge in [-0.25, -0.2) is 21.9 Å². The number of alkyl halides is 1. The summed E-state index contributed by atoms with van der Waals surface area (Å²) in [6.07, 6.45) is 0.363. The van der Waals surface area contributed by atoms with Gasteiger partial charge < -0.3 is 10.0 Å². The molecule has 1 aliphatic carbocycles. The molecule has 2 heterocycles. The molecule has 6 nitrogen and oxygen atoms in total. The van der Waals surface area contributed by atoms with Crippen molar-refractivity contribution in [1.29, 1.82) is 0 Å². The fraction of sp³-hybridized carbons (Fsp3) is 0.435. The molecule has 0 unspecified atom stereocenters. The molecule has 9 heteroatoms. The van der Waals surface area contributed by atoms with Crippen LogP contribution in [-0.4, -0.2) is 61.5 Å². The van der Waals surface area contributed by atoms with E-state index < -0.39 is 46.6 Å². The Kier molecular flexibility index (Phi) is 6.33. The van der Waals surface area contributed by atoms with Crippen LogP contribution in [0, 0.1) is 11.7 Å². The molecule has 2 bridgehead atoms. The van der Waals surface area contributed by atoms with E-state index in [2.05, 4.69) is 4.72 Å². The molecule has 3 aliphatic rings. The summed E-state index contributed by atoms with van der Waals surface area (Å²) in [6, 6.07) is 12.4. The standard InChI is InChI=1S/C23H26F2N2O4S/c1-32(30,31)26-22-16-10-17(11-16)27(23(29)20(28)13-24)19(22)12-15-8-5-9-18(21(15)25)14-6-3-2-4-7-14/h2-9,16-17,19-20,22,26,28H,10-13H2,1H3/t16?,17?,19-,20+,22-/m0/s1. The molecule has 32 heavy (non-hydrogen) atoms. The Morgan fingerprint density at radius 2 is 1.88 bits per heavy atom. The molecule has 3 atom stereocenters. The summed E-state index contributed by atoms with van der Waals surface area (Å²) in [5, 5.41) is 9.88. The SMILES string of the molecule is CS(=O)(=O)N[C@H]1C2CC(C2)N(C(=O)[C@H](O)CF)[C@H]1Cc1cccc(-c2ccccc2)c1F. The minimum atomic E-state index is -3.61. The Hall–Kier alpha value is -2.36. The molecule has 0 spiro atoms. The number of hydrogen-bond donors (Lipinski definition) is 2. The second-order valence-electron chi connectivity index (χ2n) is 8.63. The van der Waals surface area contributed by atoms with Crippen LogP contribution in [-0.2, 0) is 21.2 Å². The van der Waals surface area contributed by atoms with Crippen LogP contribution in [0.4, 0.5) is 8.78 Å². The van der Waals surface area contributed by atoms with Crippen LogP contribution in [0.5, 0.6) is 0 Å².